The first-order chi connectivity index (χ1) is 11.4. The van der Waals surface area contributed by atoms with Crippen LogP contribution in [0.4, 0.5) is 0 Å². The third-order valence-corrected chi connectivity index (χ3v) is 3.47. The lowest BCUT2D eigenvalue weighted by atomic mass is 10.2. The van der Waals surface area contributed by atoms with Gasteiger partial charge in [-0.25, -0.2) is 4.99 Å². The number of aryl methyl sites for hydroxylation is 1. The van der Waals surface area contributed by atoms with Crippen LogP contribution in [0, 0.1) is 6.92 Å². The van der Waals surface area contributed by atoms with E-state index in [1.165, 1.54) is 5.56 Å². The van der Waals surface area contributed by atoms with Crippen LogP contribution in [0.2, 0.25) is 0 Å². The Morgan fingerprint density at radius 3 is 2.46 bits per heavy atom. The second kappa shape index (κ2) is 10.5. The highest BCUT2D eigenvalue weighted by Crippen LogP contribution is 2.11. The van der Waals surface area contributed by atoms with Crippen molar-refractivity contribution >= 4 is 11.9 Å². The fourth-order valence-electron chi connectivity index (χ4n) is 1.87. The van der Waals surface area contributed by atoms with E-state index in [4.69, 9.17) is 4.74 Å². The lowest BCUT2D eigenvalue weighted by Crippen LogP contribution is -2.42. The number of ether oxygens (including phenoxy) is 1. The van der Waals surface area contributed by atoms with Crippen molar-refractivity contribution in [1.29, 1.82) is 0 Å². The van der Waals surface area contributed by atoms with Crippen molar-refractivity contribution in [2.24, 2.45) is 4.99 Å². The van der Waals surface area contributed by atoms with Crippen LogP contribution in [-0.4, -0.2) is 69.1 Å². The van der Waals surface area contributed by atoms with E-state index in [1.54, 1.807) is 19.0 Å². The first-order valence-electron chi connectivity index (χ1n) is 8.33. The third kappa shape index (κ3) is 7.35. The molecular formula is C18H30N4O2. The van der Waals surface area contributed by atoms with Crippen molar-refractivity contribution in [3.05, 3.63) is 29.8 Å². The topological polar surface area (TPSA) is 57.2 Å². The van der Waals surface area contributed by atoms with Gasteiger partial charge in [0.1, 0.15) is 18.9 Å². The number of benzene rings is 1. The number of likely N-dealkylation sites (N-methyl/N-ethyl adjacent to an activating group) is 2. The van der Waals surface area contributed by atoms with E-state index >= 15 is 0 Å². The van der Waals surface area contributed by atoms with Gasteiger partial charge in [-0.3, -0.25) is 4.79 Å². The summed E-state index contributed by atoms with van der Waals surface area (Å²) in [6.45, 7) is 6.33. The molecule has 134 valence electrons. The number of aliphatic imine (C=N–C) groups is 1. The smallest absolute Gasteiger partial charge is 0.243 e. The van der Waals surface area contributed by atoms with Crippen molar-refractivity contribution in [1.82, 2.24) is 15.1 Å². The van der Waals surface area contributed by atoms with Crippen molar-refractivity contribution < 1.29 is 9.53 Å². The van der Waals surface area contributed by atoms with Gasteiger partial charge in [0.05, 0.1) is 6.54 Å². The zero-order valence-corrected chi connectivity index (χ0v) is 15.5. The Hall–Kier alpha value is -2.24. The quantitative estimate of drug-likeness (QED) is 0.581. The summed E-state index contributed by atoms with van der Waals surface area (Å²) in [5.74, 6) is 1.56. The number of nitrogens with zero attached hydrogens (tertiary/aromatic N) is 3. The molecule has 0 radical (unpaired) electrons. The number of guanidine groups is 1. The maximum Gasteiger partial charge on any atom is 0.243 e. The van der Waals surface area contributed by atoms with Crippen LogP contribution in [0.5, 0.6) is 5.75 Å². The summed E-state index contributed by atoms with van der Waals surface area (Å²) < 4.78 is 5.75. The van der Waals surface area contributed by atoms with E-state index in [2.05, 4.69) is 24.2 Å². The molecule has 1 N–H and O–H groups in total. The molecule has 0 fully saturated rings. The molecular weight excluding hydrogens is 304 g/mol. The molecule has 0 aliphatic heterocycles. The minimum atomic E-state index is -0.0184. The van der Waals surface area contributed by atoms with Gasteiger partial charge in [0.2, 0.25) is 5.91 Å². The minimum absolute atomic E-state index is 0.0184. The molecule has 0 aliphatic carbocycles. The second-order valence-corrected chi connectivity index (χ2v) is 5.94. The molecule has 0 saturated heterocycles. The monoisotopic (exact) mass is 334 g/mol. The van der Waals surface area contributed by atoms with Crippen molar-refractivity contribution in [2.75, 3.05) is 47.4 Å². The molecule has 0 aromatic heterocycles. The Labute approximate surface area is 145 Å². The van der Waals surface area contributed by atoms with Crippen molar-refractivity contribution in [3.63, 3.8) is 0 Å². The molecule has 6 heteroatoms. The number of rotatable bonds is 8. The lowest BCUT2D eigenvalue weighted by molar-refractivity contribution is -0.127. The lowest BCUT2D eigenvalue weighted by Gasteiger charge is -2.22. The molecule has 0 atom stereocenters. The molecule has 1 amide bonds. The molecule has 0 heterocycles. The Morgan fingerprint density at radius 1 is 1.21 bits per heavy atom. The van der Waals surface area contributed by atoms with Gasteiger partial charge in [-0.05, 0) is 25.5 Å². The Morgan fingerprint density at radius 2 is 1.88 bits per heavy atom. The average Bonchev–Trinajstić information content (AvgIpc) is 2.56. The highest BCUT2D eigenvalue weighted by molar-refractivity contribution is 5.84. The largest absolute Gasteiger partial charge is 0.492 e. The van der Waals surface area contributed by atoms with Gasteiger partial charge < -0.3 is 19.9 Å². The van der Waals surface area contributed by atoms with E-state index in [0.717, 1.165) is 24.7 Å². The number of hydrogen-bond acceptors (Lipinski definition) is 3. The van der Waals surface area contributed by atoms with Crippen molar-refractivity contribution in [3.8, 4) is 5.75 Å². The van der Waals surface area contributed by atoms with Crippen LogP contribution in [0.1, 0.15) is 18.9 Å². The van der Waals surface area contributed by atoms with Crippen LogP contribution in [-0.2, 0) is 4.79 Å². The Kier molecular flexibility index (Phi) is 8.68. The first kappa shape index (κ1) is 19.8. The molecule has 24 heavy (non-hydrogen) atoms. The van der Waals surface area contributed by atoms with Gasteiger partial charge in [-0.2, -0.15) is 0 Å². The number of carbonyl (C=O) groups is 1. The summed E-state index contributed by atoms with van der Waals surface area (Å²) in [6.07, 6.45) is 0.994. The molecule has 1 aromatic rings. The predicted octanol–water partition coefficient (Wildman–Crippen LogP) is 1.75. The summed E-state index contributed by atoms with van der Waals surface area (Å²) in [7, 11) is 5.41. The maximum atomic E-state index is 11.7. The van der Waals surface area contributed by atoms with Crippen LogP contribution in [0.25, 0.3) is 0 Å². The third-order valence-electron chi connectivity index (χ3n) is 3.47. The highest BCUT2D eigenvalue weighted by Gasteiger charge is 2.08. The van der Waals surface area contributed by atoms with Gasteiger partial charge >= 0.3 is 0 Å². The zero-order valence-electron chi connectivity index (χ0n) is 15.5. The van der Waals surface area contributed by atoms with Gasteiger partial charge in [-0.15, -0.1) is 0 Å². The van der Waals surface area contributed by atoms with E-state index in [1.807, 2.05) is 36.2 Å². The van der Waals surface area contributed by atoms with Crippen LogP contribution < -0.4 is 10.1 Å². The number of hydrogen-bond donors (Lipinski definition) is 1. The summed E-state index contributed by atoms with van der Waals surface area (Å²) in [5.41, 5.74) is 1.21. The number of amides is 1. The van der Waals surface area contributed by atoms with Gasteiger partial charge in [0, 0.05) is 27.7 Å². The van der Waals surface area contributed by atoms with E-state index in [-0.39, 0.29) is 12.5 Å². The molecule has 0 bridgehead atoms. The van der Waals surface area contributed by atoms with Gasteiger partial charge in [-0.1, -0.05) is 24.6 Å². The molecule has 0 saturated carbocycles. The molecule has 1 aromatic carbocycles. The molecule has 0 aliphatic rings. The summed E-state index contributed by atoms with van der Waals surface area (Å²) in [4.78, 5) is 19.6. The fourth-order valence-corrected chi connectivity index (χ4v) is 1.87. The summed E-state index contributed by atoms with van der Waals surface area (Å²) >= 11 is 0. The highest BCUT2D eigenvalue weighted by atomic mass is 16.5. The molecule has 0 unspecified atom stereocenters. The standard InChI is InChI=1S/C18H30N4O2/c1-6-11-19-18(20-14-17(23)21(3)4)22(5)12-13-24-16-9-7-15(2)8-10-16/h7-10H,6,11-14H2,1-5H3,(H,19,20). The molecule has 0 spiro atoms. The first-order valence-corrected chi connectivity index (χ1v) is 8.33. The Balaban J connectivity index is 2.53. The van der Waals surface area contributed by atoms with Gasteiger partial charge in [0.15, 0.2) is 5.96 Å². The van der Waals surface area contributed by atoms with Gasteiger partial charge in [0.25, 0.3) is 0 Å². The predicted molar refractivity (Wildman–Crippen MR) is 98.6 cm³/mol. The SMILES string of the molecule is CCCNC(=NCC(=O)N(C)C)N(C)CCOc1ccc(C)cc1. The fraction of sp³-hybridized carbons (Fsp3) is 0.556. The van der Waals surface area contributed by atoms with Crippen LogP contribution >= 0.6 is 0 Å². The maximum absolute atomic E-state index is 11.7. The van der Waals surface area contributed by atoms with E-state index < -0.39 is 0 Å². The molecule has 1 rings (SSSR count). The van der Waals surface area contributed by atoms with E-state index in [9.17, 15) is 4.79 Å². The number of nitrogens with one attached hydrogen (secondary N) is 1. The summed E-state index contributed by atoms with van der Waals surface area (Å²) in [6, 6.07) is 7.99. The van der Waals surface area contributed by atoms with E-state index in [0.29, 0.717) is 13.2 Å². The van der Waals surface area contributed by atoms with Crippen LogP contribution in [0.3, 0.4) is 0 Å². The molecule has 6 nitrogen and oxygen atoms in total. The normalized spacial score (nSPS) is 11.1. The summed E-state index contributed by atoms with van der Waals surface area (Å²) in [5, 5.41) is 3.27. The zero-order chi connectivity index (χ0) is 17.9. The average molecular weight is 334 g/mol. The second-order valence-electron chi connectivity index (χ2n) is 5.94. The van der Waals surface area contributed by atoms with Crippen LogP contribution in [0.15, 0.2) is 29.3 Å². The van der Waals surface area contributed by atoms with Crippen molar-refractivity contribution in [2.45, 2.75) is 20.3 Å². The number of carbonyl (C=O) groups excluding carboxylic acids is 1. The Bertz CT molecular complexity index is 526. The minimum Gasteiger partial charge on any atom is -0.492 e.